The number of hydrogen-bond donors (Lipinski definition) is 2. The third kappa shape index (κ3) is 3.74. The molecule has 1 saturated carbocycles. The number of sulfone groups is 1. The Balaban J connectivity index is 1.51. The summed E-state index contributed by atoms with van der Waals surface area (Å²) in [6.07, 6.45) is 2.26. The Morgan fingerprint density at radius 2 is 1.91 bits per heavy atom. The van der Waals surface area contributed by atoms with Crippen LogP contribution in [0.4, 0.5) is 20.2 Å². The smallest absolute Gasteiger partial charge is 0.270 e. The van der Waals surface area contributed by atoms with Gasteiger partial charge in [-0.05, 0) is 43.5 Å². The van der Waals surface area contributed by atoms with E-state index in [1.54, 1.807) is 37.4 Å². The predicted octanol–water partition coefficient (Wildman–Crippen LogP) is 3.22. The molecule has 0 radical (unpaired) electrons. The van der Waals surface area contributed by atoms with Crippen LogP contribution < -0.4 is 10.6 Å². The number of carbonyl (C=O) groups excluding carboxylic acids is 1. The Labute approximate surface area is 191 Å². The average molecular weight is 475 g/mol. The molecule has 10 heteroatoms. The molecular formula is C23H24F2N4O3S. The molecule has 2 unspecified atom stereocenters. The molecule has 2 N–H and O–H groups in total. The molecule has 1 aromatic heterocycles. The molecule has 2 heterocycles. The molecule has 7 nitrogen and oxygen atoms in total. The van der Waals surface area contributed by atoms with Crippen molar-refractivity contribution in [2.24, 2.45) is 5.41 Å². The summed E-state index contributed by atoms with van der Waals surface area (Å²) in [6, 6.07) is 7.94. The van der Waals surface area contributed by atoms with Gasteiger partial charge in [0.25, 0.3) is 5.92 Å². The van der Waals surface area contributed by atoms with Gasteiger partial charge in [0, 0.05) is 5.69 Å². The van der Waals surface area contributed by atoms with Crippen molar-refractivity contribution in [2.75, 3.05) is 16.8 Å². The third-order valence-electron chi connectivity index (χ3n) is 6.63. The number of nitriles is 1. The van der Waals surface area contributed by atoms with Crippen molar-refractivity contribution in [3.05, 3.63) is 52.8 Å². The molecular weight excluding hydrogens is 450 g/mol. The fourth-order valence-corrected chi connectivity index (χ4v) is 5.83. The maximum absolute atomic E-state index is 14.7. The summed E-state index contributed by atoms with van der Waals surface area (Å²) in [5.74, 6) is -5.80. The molecule has 2 aliphatic rings. The van der Waals surface area contributed by atoms with Gasteiger partial charge >= 0.3 is 0 Å². The van der Waals surface area contributed by atoms with Crippen LogP contribution in [0.2, 0.25) is 0 Å². The van der Waals surface area contributed by atoms with E-state index in [9.17, 15) is 27.3 Å². The number of amides is 1. The number of anilines is 2. The minimum Gasteiger partial charge on any atom is -0.354 e. The van der Waals surface area contributed by atoms with Crippen LogP contribution in [0.5, 0.6) is 0 Å². The zero-order chi connectivity index (χ0) is 24.2. The van der Waals surface area contributed by atoms with Crippen molar-refractivity contribution in [2.45, 2.75) is 45.1 Å². The van der Waals surface area contributed by atoms with Crippen LogP contribution in [-0.2, 0) is 21.1 Å². The summed E-state index contributed by atoms with van der Waals surface area (Å²) >= 11 is 0. The molecule has 2 aromatic rings. The summed E-state index contributed by atoms with van der Waals surface area (Å²) in [4.78, 5) is 16.8. The Morgan fingerprint density at radius 3 is 2.45 bits per heavy atom. The summed E-state index contributed by atoms with van der Waals surface area (Å²) in [5.41, 5.74) is 1.67. The number of aryl methyl sites for hydroxylation is 1. The van der Waals surface area contributed by atoms with E-state index in [1.165, 1.54) is 6.92 Å². The molecule has 1 saturated heterocycles. The van der Waals surface area contributed by atoms with Crippen LogP contribution in [-0.4, -0.2) is 42.8 Å². The highest BCUT2D eigenvalue weighted by atomic mass is 32.2. The summed E-state index contributed by atoms with van der Waals surface area (Å²) in [7, 11) is -3.17. The van der Waals surface area contributed by atoms with Gasteiger partial charge in [-0.2, -0.15) is 5.26 Å². The number of aromatic nitrogens is 1. The van der Waals surface area contributed by atoms with Gasteiger partial charge in [0.05, 0.1) is 46.6 Å². The number of carbonyl (C=O) groups is 1. The first-order chi connectivity index (χ1) is 15.4. The Kier molecular flexibility index (Phi) is 5.44. The maximum Gasteiger partial charge on any atom is 0.270 e. The molecule has 174 valence electrons. The van der Waals surface area contributed by atoms with E-state index in [4.69, 9.17) is 0 Å². The molecule has 33 heavy (non-hydrogen) atoms. The fourth-order valence-electron chi connectivity index (χ4n) is 4.53. The Bertz CT molecular complexity index is 1260. The normalized spacial score (nSPS) is 24.9. The van der Waals surface area contributed by atoms with E-state index in [0.717, 1.165) is 5.56 Å². The van der Waals surface area contributed by atoms with E-state index >= 15 is 0 Å². The van der Waals surface area contributed by atoms with Gasteiger partial charge in [-0.1, -0.05) is 19.1 Å². The van der Waals surface area contributed by atoms with Gasteiger partial charge in [-0.15, -0.1) is 0 Å². The first-order valence-corrected chi connectivity index (χ1v) is 12.4. The molecule has 1 amide bonds. The number of alkyl halides is 2. The monoisotopic (exact) mass is 474 g/mol. The second-order valence-corrected chi connectivity index (χ2v) is 11.0. The zero-order valence-corrected chi connectivity index (χ0v) is 19.3. The van der Waals surface area contributed by atoms with Crippen molar-refractivity contribution in [3.63, 3.8) is 0 Å². The first kappa shape index (κ1) is 23.1. The lowest BCUT2D eigenvalue weighted by atomic mass is 9.99. The highest BCUT2D eigenvalue weighted by Gasteiger charge is 2.82. The highest BCUT2D eigenvalue weighted by molar-refractivity contribution is 7.92. The number of benzene rings is 1. The number of halogens is 2. The predicted molar refractivity (Wildman–Crippen MR) is 119 cm³/mol. The van der Waals surface area contributed by atoms with Crippen molar-refractivity contribution in [1.82, 2.24) is 10.3 Å². The van der Waals surface area contributed by atoms with Crippen LogP contribution in [0.25, 0.3) is 0 Å². The lowest BCUT2D eigenvalue weighted by molar-refractivity contribution is -0.129. The maximum atomic E-state index is 14.7. The van der Waals surface area contributed by atoms with Gasteiger partial charge in [0.15, 0.2) is 9.84 Å². The Morgan fingerprint density at radius 1 is 1.27 bits per heavy atom. The van der Waals surface area contributed by atoms with Gasteiger partial charge < -0.3 is 10.6 Å². The lowest BCUT2D eigenvalue weighted by Crippen LogP contribution is -2.54. The van der Waals surface area contributed by atoms with E-state index in [1.807, 2.05) is 6.92 Å². The summed E-state index contributed by atoms with van der Waals surface area (Å²) in [6.45, 7) is 4.91. The van der Waals surface area contributed by atoms with Gasteiger partial charge in [-0.3, -0.25) is 9.78 Å². The highest BCUT2D eigenvalue weighted by Crippen LogP contribution is 2.71. The third-order valence-corrected chi connectivity index (χ3v) is 8.45. The lowest BCUT2D eigenvalue weighted by Gasteiger charge is -2.28. The molecule has 0 spiro atoms. The fraction of sp³-hybridized carbons (Fsp3) is 0.435. The molecule has 1 aliphatic carbocycles. The molecule has 1 aliphatic heterocycles. The molecule has 2 fully saturated rings. The van der Waals surface area contributed by atoms with Crippen LogP contribution in [0.15, 0.2) is 30.5 Å². The van der Waals surface area contributed by atoms with Crippen LogP contribution in [0.1, 0.15) is 42.1 Å². The number of rotatable bonds is 6. The zero-order valence-electron chi connectivity index (χ0n) is 18.4. The average Bonchev–Trinajstić information content (AvgIpc) is 3.21. The van der Waals surface area contributed by atoms with Gasteiger partial charge in [-0.25, -0.2) is 17.2 Å². The standard InChI is InChI=1S/C23H24F2N4O3S/c1-4-17-18(9-26)13(2)27-10-19(17)28-15-7-5-14(6-8-15)20-22(3,23(20,24)25)21(30)29-16-11-33(31,32)12-16/h5-8,10,16,20,28H,4,11-12H2,1-3H3,(H,29,30). The minimum atomic E-state index is -3.24. The topological polar surface area (TPSA) is 112 Å². The molecule has 1 aromatic carbocycles. The quantitative estimate of drug-likeness (QED) is 0.665. The van der Waals surface area contributed by atoms with Crippen LogP contribution in [0, 0.1) is 23.7 Å². The minimum absolute atomic E-state index is 0.216. The van der Waals surface area contributed by atoms with E-state index in [2.05, 4.69) is 21.7 Å². The van der Waals surface area contributed by atoms with Crippen molar-refractivity contribution < 1.29 is 22.0 Å². The number of hydrogen-bond acceptors (Lipinski definition) is 6. The van der Waals surface area contributed by atoms with E-state index < -0.39 is 39.0 Å². The SMILES string of the molecule is CCc1c(Nc2ccc(C3C(F)(F)C3(C)C(=O)NC3CS(=O)(=O)C3)cc2)cnc(C)c1C#N. The summed E-state index contributed by atoms with van der Waals surface area (Å²) in [5, 5.41) is 15.1. The van der Waals surface area contributed by atoms with E-state index in [0.29, 0.717) is 34.6 Å². The summed E-state index contributed by atoms with van der Waals surface area (Å²) < 4.78 is 52.1. The van der Waals surface area contributed by atoms with E-state index in [-0.39, 0.29) is 11.5 Å². The second kappa shape index (κ2) is 7.76. The van der Waals surface area contributed by atoms with Crippen LogP contribution in [0.3, 0.4) is 0 Å². The number of nitrogens with one attached hydrogen (secondary N) is 2. The van der Waals surface area contributed by atoms with Crippen molar-refractivity contribution in [3.8, 4) is 6.07 Å². The van der Waals surface area contributed by atoms with Crippen molar-refractivity contribution in [1.29, 1.82) is 5.26 Å². The number of nitrogens with zero attached hydrogens (tertiary/aromatic N) is 2. The Hall–Kier alpha value is -3.06. The van der Waals surface area contributed by atoms with Crippen molar-refractivity contribution >= 4 is 27.1 Å². The number of pyridine rings is 1. The molecule has 4 rings (SSSR count). The molecule has 2 atom stereocenters. The second-order valence-electron chi connectivity index (χ2n) is 8.83. The van der Waals surface area contributed by atoms with Gasteiger partial charge in [0.1, 0.15) is 11.5 Å². The molecule has 0 bridgehead atoms. The van der Waals surface area contributed by atoms with Crippen LogP contribution >= 0.6 is 0 Å². The van der Waals surface area contributed by atoms with Gasteiger partial charge in [0.2, 0.25) is 5.91 Å². The largest absolute Gasteiger partial charge is 0.354 e. The first-order valence-electron chi connectivity index (χ1n) is 10.6.